The Hall–Kier alpha value is -1.17. The molecule has 0 aliphatic carbocycles. The first kappa shape index (κ1) is 14.9. The minimum atomic E-state index is -1.58. The zero-order valence-corrected chi connectivity index (χ0v) is 12.2. The maximum Gasteiger partial charge on any atom is 0.258 e. The van der Waals surface area contributed by atoms with Crippen molar-refractivity contribution in [3.8, 4) is 0 Å². The number of hydrogen-bond acceptors (Lipinski definition) is 3. The Bertz CT molecular complexity index is 495. The molecule has 96 valence electrons. The fourth-order valence-corrected chi connectivity index (χ4v) is 1.92. The van der Waals surface area contributed by atoms with E-state index in [1.54, 1.807) is 18.2 Å². The summed E-state index contributed by atoms with van der Waals surface area (Å²) in [6, 6.07) is 4.92. The number of methoxy groups -OCH3 is 1. The molecule has 1 aromatic carbocycles. The van der Waals surface area contributed by atoms with E-state index in [1.165, 1.54) is 14.0 Å². The number of hydrogen-bond donors (Lipinski definition) is 2. The first-order chi connectivity index (χ1) is 8.40. The van der Waals surface area contributed by atoms with E-state index in [0.29, 0.717) is 11.4 Å². The fourth-order valence-electron chi connectivity index (χ4n) is 1.29. The molecule has 18 heavy (non-hydrogen) atoms. The van der Waals surface area contributed by atoms with E-state index in [4.69, 9.17) is 11.3 Å². The van der Waals surface area contributed by atoms with Crippen LogP contribution < -0.4 is 5.32 Å². The molecular weight excluding hydrogens is 347 g/mol. The molecular formula is C12H13IN2O3. The zero-order valence-electron chi connectivity index (χ0n) is 10.0. The van der Waals surface area contributed by atoms with Gasteiger partial charge in [-0.1, -0.05) is 28.7 Å². The lowest BCUT2D eigenvalue weighted by Crippen LogP contribution is -2.43. The van der Waals surface area contributed by atoms with Crippen LogP contribution in [0.25, 0.3) is 4.85 Å². The molecule has 0 bridgehead atoms. The van der Waals surface area contributed by atoms with E-state index in [-0.39, 0.29) is 6.61 Å². The predicted molar refractivity (Wildman–Crippen MR) is 76.6 cm³/mol. The fraction of sp³-hybridized carbons (Fsp3) is 0.333. The van der Waals surface area contributed by atoms with Crippen molar-refractivity contribution in [3.05, 3.63) is 33.2 Å². The van der Waals surface area contributed by atoms with Crippen LogP contribution in [0.5, 0.6) is 0 Å². The van der Waals surface area contributed by atoms with Crippen LogP contribution in [0.4, 0.5) is 11.4 Å². The first-order valence-electron chi connectivity index (χ1n) is 5.10. The highest BCUT2D eigenvalue weighted by molar-refractivity contribution is 14.1. The van der Waals surface area contributed by atoms with Gasteiger partial charge in [-0.25, -0.2) is 4.85 Å². The summed E-state index contributed by atoms with van der Waals surface area (Å²) in [7, 11) is 1.41. The average Bonchev–Trinajstić information content (AvgIpc) is 2.29. The molecule has 6 heteroatoms. The average molecular weight is 360 g/mol. The lowest BCUT2D eigenvalue weighted by Gasteiger charge is -2.21. The Morgan fingerprint density at radius 1 is 1.67 bits per heavy atom. The summed E-state index contributed by atoms with van der Waals surface area (Å²) in [6.07, 6.45) is 0. The summed E-state index contributed by atoms with van der Waals surface area (Å²) in [6.45, 7) is 8.22. The van der Waals surface area contributed by atoms with Gasteiger partial charge < -0.3 is 15.2 Å². The lowest BCUT2D eigenvalue weighted by atomic mass is 10.1. The monoisotopic (exact) mass is 360 g/mol. The third kappa shape index (κ3) is 3.66. The number of rotatable bonds is 4. The summed E-state index contributed by atoms with van der Waals surface area (Å²) in [5.41, 5.74) is -0.524. The van der Waals surface area contributed by atoms with Crippen molar-refractivity contribution in [2.24, 2.45) is 0 Å². The molecule has 0 spiro atoms. The number of halogens is 1. The third-order valence-corrected chi connectivity index (χ3v) is 3.10. The molecule has 0 heterocycles. The first-order valence-corrected chi connectivity index (χ1v) is 6.18. The predicted octanol–water partition coefficient (Wildman–Crippen LogP) is 2.18. The minimum absolute atomic E-state index is 0.0872. The highest BCUT2D eigenvalue weighted by atomic mass is 127. The van der Waals surface area contributed by atoms with Crippen molar-refractivity contribution in [3.63, 3.8) is 0 Å². The molecule has 0 aromatic heterocycles. The number of nitrogens with one attached hydrogen (secondary N) is 1. The van der Waals surface area contributed by atoms with E-state index in [1.807, 2.05) is 22.6 Å². The van der Waals surface area contributed by atoms with Gasteiger partial charge in [-0.3, -0.25) is 4.79 Å². The van der Waals surface area contributed by atoms with Crippen LogP contribution in [0.2, 0.25) is 0 Å². The molecule has 1 atom stereocenters. The Morgan fingerprint density at radius 3 is 2.83 bits per heavy atom. The second-order valence-corrected chi connectivity index (χ2v) is 5.10. The molecule has 1 amide bonds. The quantitative estimate of drug-likeness (QED) is 0.639. The van der Waals surface area contributed by atoms with Gasteiger partial charge in [0.1, 0.15) is 0 Å². The normalized spacial score (nSPS) is 13.5. The van der Waals surface area contributed by atoms with Gasteiger partial charge in [0, 0.05) is 16.4 Å². The van der Waals surface area contributed by atoms with E-state index < -0.39 is 11.5 Å². The maximum atomic E-state index is 11.8. The molecule has 0 aliphatic rings. The molecule has 0 saturated carbocycles. The number of nitrogens with zero attached hydrogens (tertiary/aromatic N) is 1. The molecule has 0 fully saturated rings. The van der Waals surface area contributed by atoms with Crippen LogP contribution >= 0.6 is 22.6 Å². The number of carbonyl (C=O) groups excluding carboxylic acids is 1. The third-order valence-electron chi connectivity index (χ3n) is 2.24. The van der Waals surface area contributed by atoms with Crippen LogP contribution in [0.3, 0.4) is 0 Å². The highest BCUT2D eigenvalue weighted by Gasteiger charge is 2.30. The number of aliphatic hydroxyl groups is 1. The largest absolute Gasteiger partial charge is 0.381 e. The second kappa shape index (κ2) is 6.13. The molecule has 1 aromatic rings. The second-order valence-electron chi connectivity index (χ2n) is 3.94. The van der Waals surface area contributed by atoms with Crippen molar-refractivity contribution in [1.29, 1.82) is 0 Å². The topological polar surface area (TPSA) is 62.9 Å². The van der Waals surface area contributed by atoms with E-state index in [2.05, 4.69) is 10.2 Å². The molecule has 2 N–H and O–H groups in total. The molecule has 0 radical (unpaired) electrons. The summed E-state index contributed by atoms with van der Waals surface area (Å²) in [5.74, 6) is -0.546. The summed E-state index contributed by atoms with van der Waals surface area (Å²) >= 11 is 2.02. The number of benzene rings is 1. The van der Waals surface area contributed by atoms with E-state index in [9.17, 15) is 9.90 Å². The van der Waals surface area contributed by atoms with Crippen molar-refractivity contribution in [2.45, 2.75) is 12.5 Å². The molecule has 0 aliphatic heterocycles. The lowest BCUT2D eigenvalue weighted by molar-refractivity contribution is -0.137. The van der Waals surface area contributed by atoms with Crippen molar-refractivity contribution in [2.75, 3.05) is 19.0 Å². The van der Waals surface area contributed by atoms with Gasteiger partial charge in [-0.2, -0.15) is 0 Å². The Kier molecular flexibility index (Phi) is 5.07. The molecule has 1 rings (SSSR count). The number of carbonyl (C=O) groups is 1. The van der Waals surface area contributed by atoms with Crippen LogP contribution in [0.1, 0.15) is 6.92 Å². The van der Waals surface area contributed by atoms with Gasteiger partial charge >= 0.3 is 0 Å². The van der Waals surface area contributed by atoms with Gasteiger partial charge in [-0.05, 0) is 19.1 Å². The van der Waals surface area contributed by atoms with Gasteiger partial charge in [0.15, 0.2) is 11.3 Å². The van der Waals surface area contributed by atoms with Crippen molar-refractivity contribution >= 4 is 39.9 Å². The van der Waals surface area contributed by atoms with Crippen LogP contribution in [-0.2, 0) is 9.53 Å². The van der Waals surface area contributed by atoms with Gasteiger partial charge in [-0.15, -0.1) is 0 Å². The number of amides is 1. The van der Waals surface area contributed by atoms with Gasteiger partial charge in [0.25, 0.3) is 5.91 Å². The Morgan fingerprint density at radius 2 is 2.33 bits per heavy atom. The number of ether oxygens (including phenoxy) is 1. The highest BCUT2D eigenvalue weighted by Crippen LogP contribution is 2.25. The smallest absolute Gasteiger partial charge is 0.258 e. The summed E-state index contributed by atoms with van der Waals surface area (Å²) in [4.78, 5) is 15.1. The van der Waals surface area contributed by atoms with E-state index in [0.717, 1.165) is 3.57 Å². The minimum Gasteiger partial charge on any atom is -0.381 e. The zero-order chi connectivity index (χ0) is 13.8. The maximum absolute atomic E-state index is 11.8. The summed E-state index contributed by atoms with van der Waals surface area (Å²) in [5, 5.41) is 12.4. The van der Waals surface area contributed by atoms with Crippen LogP contribution in [-0.4, -0.2) is 30.3 Å². The molecule has 5 nitrogen and oxygen atoms in total. The van der Waals surface area contributed by atoms with E-state index >= 15 is 0 Å². The standard InChI is InChI=1S/C12H13IN2O3/c1-12(17,7-18-3)11(16)15-8-4-5-10(14-2)9(13)6-8/h4-6,17H,7H2,1,3H3,(H,15,16)/t12-/m0/s1. The van der Waals surface area contributed by atoms with Gasteiger partial charge in [0.05, 0.1) is 13.2 Å². The van der Waals surface area contributed by atoms with Crippen LogP contribution in [0.15, 0.2) is 18.2 Å². The van der Waals surface area contributed by atoms with Crippen molar-refractivity contribution < 1.29 is 14.6 Å². The summed E-state index contributed by atoms with van der Waals surface area (Å²) < 4.78 is 5.52. The SMILES string of the molecule is [C-]#[N+]c1ccc(NC(=O)[C@@](C)(O)COC)cc1I. The number of anilines is 1. The Balaban J connectivity index is 2.83. The van der Waals surface area contributed by atoms with Crippen molar-refractivity contribution in [1.82, 2.24) is 0 Å². The molecule has 0 saturated heterocycles. The molecule has 0 unspecified atom stereocenters. The Labute approximate surface area is 119 Å². The van der Waals surface area contributed by atoms with Crippen LogP contribution in [0, 0.1) is 10.1 Å². The van der Waals surface area contributed by atoms with Gasteiger partial charge in [0.2, 0.25) is 0 Å².